The van der Waals surface area contributed by atoms with Crippen LogP contribution in [-0.4, -0.2) is 30.6 Å². The number of hydrogen-bond acceptors (Lipinski definition) is 3. The SMILES string of the molecule is CCCCOCCNC(=O)c1cnccc1Cl. The van der Waals surface area contributed by atoms with Crippen molar-refractivity contribution in [2.45, 2.75) is 19.8 Å². The van der Waals surface area contributed by atoms with Crippen LogP contribution in [0.25, 0.3) is 0 Å². The van der Waals surface area contributed by atoms with E-state index < -0.39 is 0 Å². The summed E-state index contributed by atoms with van der Waals surface area (Å²) < 4.78 is 5.33. The maximum atomic E-state index is 11.7. The smallest absolute Gasteiger partial charge is 0.254 e. The number of nitrogens with zero attached hydrogens (tertiary/aromatic N) is 1. The van der Waals surface area contributed by atoms with Crippen molar-refractivity contribution in [3.63, 3.8) is 0 Å². The van der Waals surface area contributed by atoms with Gasteiger partial charge in [-0.1, -0.05) is 24.9 Å². The van der Waals surface area contributed by atoms with Crippen LogP contribution in [0, 0.1) is 0 Å². The minimum absolute atomic E-state index is 0.220. The summed E-state index contributed by atoms with van der Waals surface area (Å²) in [5.74, 6) is -0.220. The van der Waals surface area contributed by atoms with Crippen molar-refractivity contribution < 1.29 is 9.53 Å². The third kappa shape index (κ3) is 5.15. The normalized spacial score (nSPS) is 10.2. The number of carbonyl (C=O) groups excluding carboxylic acids is 1. The fraction of sp³-hybridized carbons (Fsp3) is 0.500. The van der Waals surface area contributed by atoms with Crippen molar-refractivity contribution >= 4 is 17.5 Å². The Bertz CT molecular complexity index is 358. The van der Waals surface area contributed by atoms with Crippen molar-refractivity contribution in [3.8, 4) is 0 Å². The van der Waals surface area contributed by atoms with Crippen molar-refractivity contribution in [1.29, 1.82) is 0 Å². The van der Waals surface area contributed by atoms with Gasteiger partial charge in [0.25, 0.3) is 5.91 Å². The van der Waals surface area contributed by atoms with Crippen LogP contribution in [0.3, 0.4) is 0 Å². The van der Waals surface area contributed by atoms with Crippen LogP contribution in [0.15, 0.2) is 18.5 Å². The number of carbonyl (C=O) groups is 1. The molecule has 1 heterocycles. The molecule has 1 amide bonds. The van der Waals surface area contributed by atoms with E-state index in [9.17, 15) is 4.79 Å². The largest absolute Gasteiger partial charge is 0.380 e. The number of aromatic nitrogens is 1. The van der Waals surface area contributed by atoms with Crippen molar-refractivity contribution in [2.75, 3.05) is 19.8 Å². The summed E-state index contributed by atoms with van der Waals surface area (Å²) in [5, 5.41) is 3.14. The van der Waals surface area contributed by atoms with E-state index in [0.29, 0.717) is 23.7 Å². The van der Waals surface area contributed by atoms with Gasteiger partial charge in [0.2, 0.25) is 0 Å². The minimum atomic E-state index is -0.220. The van der Waals surface area contributed by atoms with E-state index in [4.69, 9.17) is 16.3 Å². The number of halogens is 1. The first kappa shape index (κ1) is 13.9. The molecule has 1 aromatic heterocycles. The highest BCUT2D eigenvalue weighted by Crippen LogP contribution is 2.12. The van der Waals surface area contributed by atoms with E-state index >= 15 is 0 Å². The van der Waals surface area contributed by atoms with Crippen LogP contribution < -0.4 is 5.32 Å². The average molecular weight is 257 g/mol. The van der Waals surface area contributed by atoms with E-state index in [-0.39, 0.29) is 5.91 Å². The Kier molecular flexibility index (Phi) is 6.58. The van der Waals surface area contributed by atoms with E-state index in [1.54, 1.807) is 12.3 Å². The zero-order chi connectivity index (χ0) is 12.5. The first-order valence-electron chi connectivity index (χ1n) is 5.71. The Hall–Kier alpha value is -1.13. The van der Waals surface area contributed by atoms with Gasteiger partial charge in [0, 0.05) is 25.5 Å². The van der Waals surface area contributed by atoms with Crippen LogP contribution in [0.1, 0.15) is 30.1 Å². The highest BCUT2D eigenvalue weighted by molar-refractivity contribution is 6.33. The second kappa shape index (κ2) is 8.03. The molecule has 0 unspecified atom stereocenters. The predicted molar refractivity (Wildman–Crippen MR) is 67.3 cm³/mol. The summed E-state index contributed by atoms with van der Waals surface area (Å²) in [4.78, 5) is 15.5. The number of ether oxygens (including phenoxy) is 1. The first-order chi connectivity index (χ1) is 8.25. The summed E-state index contributed by atoms with van der Waals surface area (Å²) >= 11 is 5.87. The van der Waals surface area contributed by atoms with Crippen LogP contribution >= 0.6 is 11.6 Å². The molecule has 0 radical (unpaired) electrons. The molecule has 0 saturated carbocycles. The lowest BCUT2D eigenvalue weighted by atomic mass is 10.2. The fourth-order valence-electron chi connectivity index (χ4n) is 1.22. The molecule has 0 aliphatic rings. The van der Waals surface area contributed by atoms with Gasteiger partial charge >= 0.3 is 0 Å². The fourth-order valence-corrected chi connectivity index (χ4v) is 1.42. The predicted octanol–water partition coefficient (Wildman–Crippen LogP) is 2.28. The monoisotopic (exact) mass is 256 g/mol. The van der Waals surface area contributed by atoms with Crippen LogP contribution in [0.2, 0.25) is 5.02 Å². The number of pyridine rings is 1. The minimum Gasteiger partial charge on any atom is -0.380 e. The molecule has 0 fully saturated rings. The van der Waals surface area contributed by atoms with Gasteiger partial charge in [0.15, 0.2) is 0 Å². The molecule has 0 spiro atoms. The molecular weight excluding hydrogens is 240 g/mol. The van der Waals surface area contributed by atoms with Gasteiger partial charge in [-0.2, -0.15) is 0 Å². The Morgan fingerprint density at radius 3 is 3.06 bits per heavy atom. The summed E-state index contributed by atoms with van der Waals surface area (Å²) in [6.45, 7) is 3.84. The van der Waals surface area contributed by atoms with Crippen molar-refractivity contribution in [1.82, 2.24) is 10.3 Å². The molecule has 0 aliphatic carbocycles. The molecule has 0 aliphatic heterocycles. The molecule has 0 bridgehead atoms. The third-order valence-corrected chi connectivity index (χ3v) is 2.52. The van der Waals surface area contributed by atoms with Crippen LogP contribution in [0.4, 0.5) is 0 Å². The molecule has 1 rings (SSSR count). The van der Waals surface area contributed by atoms with Gasteiger partial charge in [-0.05, 0) is 12.5 Å². The molecule has 94 valence electrons. The van der Waals surface area contributed by atoms with E-state index in [0.717, 1.165) is 19.4 Å². The number of unbranched alkanes of at least 4 members (excludes halogenated alkanes) is 1. The van der Waals surface area contributed by atoms with Crippen LogP contribution in [0.5, 0.6) is 0 Å². The molecule has 1 aromatic rings. The standard InChI is InChI=1S/C12H17ClN2O2/c1-2-3-7-17-8-6-15-12(16)10-9-14-5-4-11(10)13/h4-5,9H,2-3,6-8H2,1H3,(H,15,16). The van der Waals surface area contributed by atoms with Gasteiger partial charge in [0.1, 0.15) is 0 Å². The Labute approximate surface area is 106 Å². The molecule has 0 atom stereocenters. The van der Waals surface area contributed by atoms with E-state index in [1.807, 2.05) is 0 Å². The quantitative estimate of drug-likeness (QED) is 0.762. The number of rotatable bonds is 7. The Morgan fingerprint density at radius 1 is 1.53 bits per heavy atom. The molecule has 1 N–H and O–H groups in total. The number of amides is 1. The van der Waals surface area contributed by atoms with Crippen molar-refractivity contribution in [2.24, 2.45) is 0 Å². The van der Waals surface area contributed by atoms with Gasteiger partial charge in [-0.3, -0.25) is 9.78 Å². The average Bonchev–Trinajstić information content (AvgIpc) is 2.34. The number of hydrogen-bond donors (Lipinski definition) is 1. The maximum Gasteiger partial charge on any atom is 0.254 e. The first-order valence-corrected chi connectivity index (χ1v) is 6.09. The molecule has 17 heavy (non-hydrogen) atoms. The molecular formula is C12H17ClN2O2. The highest BCUT2D eigenvalue weighted by Gasteiger charge is 2.08. The molecule has 4 nitrogen and oxygen atoms in total. The molecule has 0 aromatic carbocycles. The van der Waals surface area contributed by atoms with Crippen molar-refractivity contribution in [3.05, 3.63) is 29.0 Å². The summed E-state index contributed by atoms with van der Waals surface area (Å²) in [6, 6.07) is 1.59. The summed E-state index contributed by atoms with van der Waals surface area (Å²) in [6.07, 6.45) is 5.16. The van der Waals surface area contributed by atoms with E-state index in [1.165, 1.54) is 6.20 Å². The van der Waals surface area contributed by atoms with Gasteiger partial charge < -0.3 is 10.1 Å². The Morgan fingerprint density at radius 2 is 2.35 bits per heavy atom. The lowest BCUT2D eigenvalue weighted by Crippen LogP contribution is -2.27. The third-order valence-electron chi connectivity index (χ3n) is 2.19. The molecule has 5 heteroatoms. The van der Waals surface area contributed by atoms with Gasteiger partial charge in [-0.25, -0.2) is 0 Å². The zero-order valence-electron chi connectivity index (χ0n) is 9.91. The highest BCUT2D eigenvalue weighted by atomic mass is 35.5. The lowest BCUT2D eigenvalue weighted by molar-refractivity contribution is 0.0912. The second-order valence-corrected chi connectivity index (χ2v) is 3.98. The second-order valence-electron chi connectivity index (χ2n) is 3.58. The lowest BCUT2D eigenvalue weighted by Gasteiger charge is -2.06. The van der Waals surface area contributed by atoms with Gasteiger partial charge in [-0.15, -0.1) is 0 Å². The summed E-state index contributed by atoms with van der Waals surface area (Å²) in [7, 11) is 0. The van der Waals surface area contributed by atoms with Gasteiger partial charge in [0.05, 0.1) is 17.2 Å². The zero-order valence-corrected chi connectivity index (χ0v) is 10.7. The maximum absolute atomic E-state index is 11.7. The number of nitrogens with one attached hydrogen (secondary N) is 1. The molecule has 0 saturated heterocycles. The van der Waals surface area contributed by atoms with E-state index in [2.05, 4.69) is 17.2 Å². The topological polar surface area (TPSA) is 51.2 Å². The Balaban J connectivity index is 2.24. The van der Waals surface area contributed by atoms with Crippen LogP contribution in [-0.2, 0) is 4.74 Å². The summed E-state index contributed by atoms with van der Waals surface area (Å²) in [5.41, 5.74) is 0.391.